The van der Waals surface area contributed by atoms with Crippen molar-refractivity contribution in [1.29, 1.82) is 0 Å². The summed E-state index contributed by atoms with van der Waals surface area (Å²) in [5, 5.41) is 7.50. The maximum absolute atomic E-state index is 12.2. The molecule has 0 atom stereocenters. The van der Waals surface area contributed by atoms with Gasteiger partial charge in [-0.1, -0.05) is 20.3 Å². The molecule has 0 spiro atoms. The van der Waals surface area contributed by atoms with Gasteiger partial charge in [0.05, 0.1) is 10.7 Å². The van der Waals surface area contributed by atoms with Gasteiger partial charge in [-0.15, -0.1) is 11.3 Å². The third-order valence-electron chi connectivity index (χ3n) is 3.53. The van der Waals surface area contributed by atoms with E-state index in [0.29, 0.717) is 23.0 Å². The van der Waals surface area contributed by atoms with Gasteiger partial charge in [-0.3, -0.25) is 4.79 Å². The number of hydrogen-bond acceptors (Lipinski definition) is 4. The van der Waals surface area contributed by atoms with Crippen LogP contribution in [0.25, 0.3) is 0 Å². The van der Waals surface area contributed by atoms with Crippen LogP contribution in [0.1, 0.15) is 67.1 Å². The summed E-state index contributed by atoms with van der Waals surface area (Å²) < 4.78 is 0. The minimum Gasteiger partial charge on any atom is -0.397 e. The Morgan fingerprint density at radius 1 is 1.30 bits per heavy atom. The lowest BCUT2D eigenvalue weighted by molar-refractivity contribution is 0.0958. The average molecular weight is 295 g/mol. The average Bonchev–Trinajstić information content (AvgIpc) is 3.21. The van der Waals surface area contributed by atoms with Crippen LogP contribution in [-0.2, 0) is 0 Å². The summed E-state index contributed by atoms with van der Waals surface area (Å²) in [6.45, 7) is 5.88. The number of amides is 1. The van der Waals surface area contributed by atoms with Crippen LogP contribution in [0.3, 0.4) is 0 Å². The van der Waals surface area contributed by atoms with Crippen LogP contribution in [0.15, 0.2) is 0 Å². The molecule has 1 saturated carbocycles. The topological polar surface area (TPSA) is 67.2 Å². The minimum atomic E-state index is -0.0280. The lowest BCUT2D eigenvalue weighted by atomic mass is 10.1. The van der Waals surface area contributed by atoms with Gasteiger partial charge in [-0.2, -0.15) is 0 Å². The van der Waals surface area contributed by atoms with Crippen molar-refractivity contribution in [3.8, 4) is 0 Å². The molecule has 0 radical (unpaired) electrons. The summed E-state index contributed by atoms with van der Waals surface area (Å²) in [5.74, 6) is 0.530. The van der Waals surface area contributed by atoms with E-state index in [2.05, 4.69) is 17.6 Å². The van der Waals surface area contributed by atoms with Gasteiger partial charge in [0.1, 0.15) is 4.88 Å². The van der Waals surface area contributed by atoms with Crippen LogP contribution in [0.2, 0.25) is 0 Å². The first-order valence-electron chi connectivity index (χ1n) is 7.63. The quantitative estimate of drug-likeness (QED) is 0.642. The summed E-state index contributed by atoms with van der Waals surface area (Å²) in [5.41, 5.74) is 8.12. The molecule has 2 rings (SSSR count). The van der Waals surface area contributed by atoms with Gasteiger partial charge in [-0.25, -0.2) is 0 Å². The van der Waals surface area contributed by atoms with E-state index in [-0.39, 0.29) is 5.91 Å². The largest absolute Gasteiger partial charge is 0.397 e. The molecule has 112 valence electrons. The summed E-state index contributed by atoms with van der Waals surface area (Å²) in [4.78, 5) is 12.8. The van der Waals surface area contributed by atoms with Gasteiger partial charge >= 0.3 is 0 Å². The van der Waals surface area contributed by atoms with Gasteiger partial charge < -0.3 is 16.4 Å². The zero-order valence-electron chi connectivity index (χ0n) is 12.4. The number of hydrogen-bond donors (Lipinski definition) is 3. The zero-order valence-corrected chi connectivity index (χ0v) is 13.2. The second-order valence-electron chi connectivity index (χ2n) is 5.40. The smallest absolute Gasteiger partial charge is 0.263 e. The van der Waals surface area contributed by atoms with E-state index in [4.69, 9.17) is 5.73 Å². The van der Waals surface area contributed by atoms with Gasteiger partial charge in [0.15, 0.2) is 0 Å². The first-order chi connectivity index (χ1) is 9.69. The fraction of sp³-hybridized carbons (Fsp3) is 0.667. The van der Waals surface area contributed by atoms with Crippen molar-refractivity contribution >= 4 is 27.9 Å². The van der Waals surface area contributed by atoms with E-state index >= 15 is 0 Å². The third-order valence-corrected chi connectivity index (χ3v) is 4.70. The number of nitrogens with two attached hydrogens (primary N) is 1. The molecule has 1 aliphatic rings. The molecule has 5 heteroatoms. The molecule has 0 aliphatic heterocycles. The minimum absolute atomic E-state index is 0.0280. The summed E-state index contributed by atoms with van der Waals surface area (Å²) in [7, 11) is 0. The summed E-state index contributed by atoms with van der Waals surface area (Å²) >= 11 is 1.52. The lowest BCUT2D eigenvalue weighted by Gasteiger charge is -2.06. The third kappa shape index (κ3) is 3.45. The van der Waals surface area contributed by atoms with Crippen molar-refractivity contribution in [3.05, 3.63) is 10.4 Å². The summed E-state index contributed by atoms with van der Waals surface area (Å²) in [6, 6.07) is 0. The van der Waals surface area contributed by atoms with Crippen LogP contribution < -0.4 is 16.4 Å². The summed E-state index contributed by atoms with van der Waals surface area (Å²) in [6.07, 6.45) is 5.63. The second kappa shape index (κ2) is 6.97. The van der Waals surface area contributed by atoms with Gasteiger partial charge in [-0.05, 0) is 31.6 Å². The Morgan fingerprint density at radius 2 is 2.05 bits per heavy atom. The monoisotopic (exact) mass is 295 g/mol. The maximum Gasteiger partial charge on any atom is 0.263 e. The molecule has 0 unspecified atom stereocenters. The second-order valence-corrected chi connectivity index (χ2v) is 6.42. The molecule has 1 amide bonds. The maximum atomic E-state index is 12.2. The molecular formula is C15H25N3OS. The van der Waals surface area contributed by atoms with Gasteiger partial charge in [0.25, 0.3) is 5.91 Å². The van der Waals surface area contributed by atoms with Crippen molar-refractivity contribution in [2.45, 2.75) is 51.9 Å². The number of thiophene rings is 1. The lowest BCUT2D eigenvalue weighted by Crippen LogP contribution is -2.23. The number of carbonyl (C=O) groups excluding carboxylic acids is 1. The van der Waals surface area contributed by atoms with E-state index in [1.807, 2.05) is 6.92 Å². The van der Waals surface area contributed by atoms with Crippen LogP contribution in [0.4, 0.5) is 10.7 Å². The molecule has 0 aromatic carbocycles. The van der Waals surface area contributed by atoms with Gasteiger partial charge in [0.2, 0.25) is 0 Å². The van der Waals surface area contributed by atoms with Crippen molar-refractivity contribution in [3.63, 3.8) is 0 Å². The standard InChI is InChI=1S/C15H25N3OS/c1-3-5-9-18-15-11(10-6-7-10)12(16)13(20-15)14(19)17-8-4-2/h10,18H,3-9,16H2,1-2H3,(H,17,19). The molecule has 1 aromatic rings. The Hall–Kier alpha value is -1.23. The first kappa shape index (κ1) is 15.2. The zero-order chi connectivity index (χ0) is 14.5. The Kier molecular flexibility index (Phi) is 5.29. The first-order valence-corrected chi connectivity index (χ1v) is 8.44. The number of anilines is 2. The van der Waals surface area contributed by atoms with E-state index in [0.717, 1.165) is 30.8 Å². The van der Waals surface area contributed by atoms with Crippen molar-refractivity contribution in [2.24, 2.45) is 0 Å². The highest BCUT2D eigenvalue weighted by molar-refractivity contribution is 7.18. The highest BCUT2D eigenvalue weighted by atomic mass is 32.1. The fourth-order valence-corrected chi connectivity index (χ4v) is 3.38. The van der Waals surface area contributed by atoms with E-state index in [1.54, 1.807) is 0 Å². The Morgan fingerprint density at radius 3 is 2.65 bits per heavy atom. The van der Waals surface area contributed by atoms with E-state index in [1.165, 1.54) is 29.7 Å². The predicted octanol–water partition coefficient (Wildman–Crippen LogP) is 3.56. The predicted molar refractivity (Wildman–Crippen MR) is 86.7 cm³/mol. The Bertz CT molecular complexity index is 466. The van der Waals surface area contributed by atoms with Crippen LogP contribution in [-0.4, -0.2) is 19.0 Å². The Labute approximate surface area is 125 Å². The molecule has 0 saturated heterocycles. The van der Waals surface area contributed by atoms with Crippen LogP contribution in [0, 0.1) is 0 Å². The van der Waals surface area contributed by atoms with Crippen LogP contribution in [0.5, 0.6) is 0 Å². The fourth-order valence-electron chi connectivity index (χ4n) is 2.23. The van der Waals surface area contributed by atoms with Crippen LogP contribution >= 0.6 is 11.3 Å². The molecule has 4 N–H and O–H groups in total. The molecule has 1 fully saturated rings. The Balaban J connectivity index is 2.16. The van der Waals surface area contributed by atoms with Crippen molar-refractivity contribution in [2.75, 3.05) is 24.1 Å². The number of rotatable bonds is 8. The molecular weight excluding hydrogens is 270 g/mol. The number of nitrogen functional groups attached to an aromatic ring is 1. The van der Waals surface area contributed by atoms with Gasteiger partial charge in [0, 0.05) is 18.7 Å². The number of nitrogens with one attached hydrogen (secondary N) is 2. The highest BCUT2D eigenvalue weighted by Gasteiger charge is 2.32. The molecule has 1 heterocycles. The number of unbranched alkanes of at least 4 members (excludes halogenated alkanes) is 1. The molecule has 20 heavy (non-hydrogen) atoms. The van der Waals surface area contributed by atoms with Crippen molar-refractivity contribution < 1.29 is 4.79 Å². The molecule has 0 bridgehead atoms. The number of carbonyl (C=O) groups is 1. The van der Waals surface area contributed by atoms with Crippen molar-refractivity contribution in [1.82, 2.24) is 5.32 Å². The molecule has 1 aliphatic carbocycles. The highest BCUT2D eigenvalue weighted by Crippen LogP contribution is 2.50. The molecule has 4 nitrogen and oxygen atoms in total. The van der Waals surface area contributed by atoms with E-state index < -0.39 is 0 Å². The normalized spacial score (nSPS) is 14.3. The SMILES string of the molecule is CCCCNc1sc(C(=O)NCCC)c(N)c1C1CC1. The van der Waals surface area contributed by atoms with E-state index in [9.17, 15) is 4.79 Å². The molecule has 1 aromatic heterocycles.